The SMILES string of the molecule is Cc1nc(C=C2C(=O)N3C(C(=O)O)=CS[C@@H]23)cs1. The highest BCUT2D eigenvalue weighted by Gasteiger charge is 2.49. The molecule has 0 bridgehead atoms. The number of hydrogen-bond acceptors (Lipinski definition) is 5. The molecule has 2 aliphatic heterocycles. The van der Waals surface area contributed by atoms with E-state index >= 15 is 0 Å². The van der Waals surface area contributed by atoms with E-state index in [-0.39, 0.29) is 17.0 Å². The maximum atomic E-state index is 11.9. The predicted octanol–water partition coefficient (Wildman–Crippen LogP) is 1.68. The van der Waals surface area contributed by atoms with Gasteiger partial charge in [-0.1, -0.05) is 0 Å². The fraction of sp³-hybridized carbons (Fsp3) is 0.182. The molecular formula is C11H8N2O3S2. The number of aromatic nitrogens is 1. The summed E-state index contributed by atoms with van der Waals surface area (Å²) in [4.78, 5) is 28.4. The number of carboxylic acid groups (broad SMARTS) is 1. The van der Waals surface area contributed by atoms with Crippen molar-refractivity contribution >= 4 is 41.1 Å². The third-order valence-electron chi connectivity index (χ3n) is 2.69. The zero-order valence-electron chi connectivity index (χ0n) is 9.28. The number of thiazole rings is 1. The summed E-state index contributed by atoms with van der Waals surface area (Å²) in [5, 5.41) is 13.1. The molecule has 2 aliphatic rings. The number of carboxylic acids is 1. The van der Waals surface area contributed by atoms with Gasteiger partial charge in [-0.3, -0.25) is 9.69 Å². The first-order valence-corrected chi connectivity index (χ1v) is 6.96. The average molecular weight is 280 g/mol. The molecule has 92 valence electrons. The van der Waals surface area contributed by atoms with Crippen molar-refractivity contribution in [2.45, 2.75) is 12.3 Å². The summed E-state index contributed by atoms with van der Waals surface area (Å²) in [6.07, 6.45) is 1.73. The van der Waals surface area contributed by atoms with Crippen molar-refractivity contribution in [1.82, 2.24) is 9.88 Å². The second kappa shape index (κ2) is 3.96. The van der Waals surface area contributed by atoms with Crippen LogP contribution in [0.15, 0.2) is 22.1 Å². The van der Waals surface area contributed by atoms with Crippen LogP contribution >= 0.6 is 23.1 Å². The van der Waals surface area contributed by atoms with Gasteiger partial charge in [0.05, 0.1) is 16.3 Å². The molecule has 1 saturated heterocycles. The number of thioether (sulfide) groups is 1. The predicted molar refractivity (Wildman–Crippen MR) is 68.8 cm³/mol. The minimum Gasteiger partial charge on any atom is -0.477 e. The van der Waals surface area contributed by atoms with E-state index in [4.69, 9.17) is 5.11 Å². The van der Waals surface area contributed by atoms with Gasteiger partial charge >= 0.3 is 5.97 Å². The lowest BCUT2D eigenvalue weighted by Crippen LogP contribution is -2.51. The van der Waals surface area contributed by atoms with Crippen molar-refractivity contribution in [3.63, 3.8) is 0 Å². The molecule has 0 aromatic carbocycles. The highest BCUT2D eigenvalue weighted by atomic mass is 32.2. The molecule has 18 heavy (non-hydrogen) atoms. The second-order valence-corrected chi connectivity index (χ2v) is 5.88. The Morgan fingerprint density at radius 3 is 3.00 bits per heavy atom. The summed E-state index contributed by atoms with van der Waals surface area (Å²) < 4.78 is 0. The fourth-order valence-electron chi connectivity index (χ4n) is 1.87. The molecule has 1 aromatic heterocycles. The zero-order chi connectivity index (χ0) is 12.9. The molecule has 3 heterocycles. The first kappa shape index (κ1) is 11.5. The Balaban J connectivity index is 1.86. The first-order chi connectivity index (χ1) is 8.58. The molecule has 0 spiro atoms. The van der Waals surface area contributed by atoms with Gasteiger partial charge in [0.25, 0.3) is 5.91 Å². The Morgan fingerprint density at radius 1 is 1.61 bits per heavy atom. The number of carbonyl (C=O) groups is 2. The Hall–Kier alpha value is -1.60. The van der Waals surface area contributed by atoms with Gasteiger partial charge in [0, 0.05) is 10.8 Å². The van der Waals surface area contributed by atoms with Gasteiger partial charge in [-0.15, -0.1) is 23.1 Å². The van der Waals surface area contributed by atoms with Crippen molar-refractivity contribution in [3.05, 3.63) is 32.8 Å². The van der Waals surface area contributed by atoms with Crippen LogP contribution in [0, 0.1) is 6.92 Å². The molecule has 1 N–H and O–H groups in total. The minimum absolute atomic E-state index is 0.0570. The van der Waals surface area contributed by atoms with Gasteiger partial charge in [0.1, 0.15) is 11.1 Å². The van der Waals surface area contributed by atoms with Gasteiger partial charge in [0.15, 0.2) is 0 Å². The van der Waals surface area contributed by atoms with E-state index in [1.54, 1.807) is 6.08 Å². The van der Waals surface area contributed by atoms with E-state index < -0.39 is 5.97 Å². The smallest absolute Gasteiger partial charge is 0.353 e. The number of hydrogen-bond donors (Lipinski definition) is 1. The largest absolute Gasteiger partial charge is 0.477 e. The van der Waals surface area contributed by atoms with Crippen LogP contribution in [0.1, 0.15) is 10.7 Å². The van der Waals surface area contributed by atoms with E-state index in [1.807, 2.05) is 12.3 Å². The van der Waals surface area contributed by atoms with E-state index in [0.717, 1.165) is 10.7 Å². The monoisotopic (exact) mass is 280 g/mol. The van der Waals surface area contributed by atoms with Gasteiger partial charge < -0.3 is 5.11 Å². The van der Waals surface area contributed by atoms with Crippen LogP contribution in [-0.4, -0.2) is 32.2 Å². The summed E-state index contributed by atoms with van der Waals surface area (Å²) in [5.41, 5.74) is 1.42. The molecule has 3 rings (SSSR count). The van der Waals surface area contributed by atoms with Crippen LogP contribution in [-0.2, 0) is 9.59 Å². The summed E-state index contributed by atoms with van der Waals surface area (Å²) in [5.74, 6) is -1.31. The normalized spacial score (nSPS) is 23.9. The van der Waals surface area contributed by atoms with Crippen LogP contribution in [0.5, 0.6) is 0 Å². The fourth-order valence-corrected chi connectivity index (χ4v) is 3.56. The molecule has 7 heteroatoms. The number of β-lactam (4-membered cyclic amide) rings is 1. The van der Waals surface area contributed by atoms with Crippen molar-refractivity contribution in [1.29, 1.82) is 0 Å². The topological polar surface area (TPSA) is 70.5 Å². The highest BCUT2D eigenvalue weighted by Crippen LogP contribution is 2.45. The van der Waals surface area contributed by atoms with Crippen molar-refractivity contribution in [3.8, 4) is 0 Å². The van der Waals surface area contributed by atoms with Crippen LogP contribution in [0.3, 0.4) is 0 Å². The number of aliphatic carboxylic acids is 1. The van der Waals surface area contributed by atoms with E-state index in [1.165, 1.54) is 33.4 Å². The number of amides is 1. The molecule has 0 radical (unpaired) electrons. The Labute approximate surface area is 111 Å². The lowest BCUT2D eigenvalue weighted by atomic mass is 10.0. The van der Waals surface area contributed by atoms with Crippen LogP contribution in [0.25, 0.3) is 6.08 Å². The number of aryl methyl sites for hydroxylation is 1. The maximum absolute atomic E-state index is 11.9. The quantitative estimate of drug-likeness (QED) is 0.659. The third-order valence-corrected chi connectivity index (χ3v) is 4.57. The zero-order valence-corrected chi connectivity index (χ0v) is 10.9. The van der Waals surface area contributed by atoms with Crippen LogP contribution in [0.4, 0.5) is 0 Å². The maximum Gasteiger partial charge on any atom is 0.353 e. The van der Waals surface area contributed by atoms with E-state index in [9.17, 15) is 9.59 Å². The summed E-state index contributed by atoms with van der Waals surface area (Å²) in [7, 11) is 0. The van der Waals surface area contributed by atoms with Gasteiger partial charge in [-0.05, 0) is 13.0 Å². The molecule has 1 amide bonds. The molecule has 1 fully saturated rings. The molecule has 0 saturated carbocycles. The molecule has 1 atom stereocenters. The molecule has 0 unspecified atom stereocenters. The van der Waals surface area contributed by atoms with Gasteiger partial charge in [-0.25, -0.2) is 9.78 Å². The molecule has 1 aromatic rings. The van der Waals surface area contributed by atoms with E-state index in [2.05, 4.69) is 4.98 Å². The number of rotatable bonds is 2. The van der Waals surface area contributed by atoms with Gasteiger partial charge in [-0.2, -0.15) is 0 Å². The summed E-state index contributed by atoms with van der Waals surface area (Å²) >= 11 is 2.85. The lowest BCUT2D eigenvalue weighted by molar-refractivity contribution is -0.141. The highest BCUT2D eigenvalue weighted by molar-refractivity contribution is 8.03. The minimum atomic E-state index is -1.07. The second-order valence-electron chi connectivity index (χ2n) is 3.86. The van der Waals surface area contributed by atoms with E-state index in [0.29, 0.717) is 5.57 Å². The molecular weight excluding hydrogens is 272 g/mol. The summed E-state index contributed by atoms with van der Waals surface area (Å²) in [6, 6.07) is 0. The lowest BCUT2D eigenvalue weighted by Gasteiger charge is -2.36. The molecule has 5 nitrogen and oxygen atoms in total. The molecule has 0 aliphatic carbocycles. The van der Waals surface area contributed by atoms with Crippen molar-refractivity contribution in [2.24, 2.45) is 0 Å². The standard InChI is InChI=1S/C11H8N2O3S2/c1-5-12-6(3-17-5)2-7-9(14)13-8(11(15)16)4-18-10(7)13/h2-4,10H,1H3,(H,15,16)/t10-/m0/s1. The van der Waals surface area contributed by atoms with Crippen molar-refractivity contribution in [2.75, 3.05) is 0 Å². The Morgan fingerprint density at radius 2 is 2.39 bits per heavy atom. The number of carbonyl (C=O) groups excluding carboxylic acids is 1. The first-order valence-electron chi connectivity index (χ1n) is 5.14. The number of fused-ring (bicyclic) bond motifs is 1. The summed E-state index contributed by atoms with van der Waals surface area (Å²) in [6.45, 7) is 1.90. The van der Waals surface area contributed by atoms with Crippen LogP contribution < -0.4 is 0 Å². The third kappa shape index (κ3) is 1.58. The van der Waals surface area contributed by atoms with Crippen molar-refractivity contribution < 1.29 is 14.7 Å². The Kier molecular flexibility index (Phi) is 2.53. The Bertz CT molecular complexity index is 618. The number of nitrogens with zero attached hydrogens (tertiary/aromatic N) is 2. The van der Waals surface area contributed by atoms with Gasteiger partial charge in [0.2, 0.25) is 0 Å². The average Bonchev–Trinajstić information content (AvgIpc) is 2.89. The van der Waals surface area contributed by atoms with Crippen LogP contribution in [0.2, 0.25) is 0 Å².